The average Bonchev–Trinajstić information content (AvgIpc) is 3.12. The zero-order valence-electron chi connectivity index (χ0n) is 15.6. The van der Waals surface area contributed by atoms with E-state index in [-0.39, 0.29) is 11.7 Å². The van der Waals surface area contributed by atoms with Gasteiger partial charge >= 0.3 is 0 Å². The molecule has 4 rings (SSSR count). The monoisotopic (exact) mass is 374 g/mol. The van der Waals surface area contributed by atoms with E-state index in [2.05, 4.69) is 10.1 Å². The molecule has 0 aliphatic heterocycles. The van der Waals surface area contributed by atoms with E-state index in [4.69, 9.17) is 0 Å². The van der Waals surface area contributed by atoms with Gasteiger partial charge in [0.1, 0.15) is 5.82 Å². The maximum Gasteiger partial charge on any atom is 0.253 e. The molecule has 4 aromatic rings. The molecule has 0 fully saturated rings. The molecular formula is C22H19FN4O. The molecule has 0 aliphatic rings. The number of nitrogens with zero attached hydrogens (tertiary/aromatic N) is 4. The molecule has 1 amide bonds. The number of halogens is 1. The number of benzene rings is 2. The van der Waals surface area contributed by atoms with Crippen LogP contribution in [0, 0.1) is 5.82 Å². The van der Waals surface area contributed by atoms with Gasteiger partial charge in [0.15, 0.2) is 0 Å². The highest BCUT2D eigenvalue weighted by Crippen LogP contribution is 2.25. The highest BCUT2D eigenvalue weighted by molar-refractivity contribution is 5.94. The van der Waals surface area contributed by atoms with Gasteiger partial charge in [-0.2, -0.15) is 5.10 Å². The number of hydrogen-bond donors (Lipinski definition) is 0. The standard InChI is InChI=1S/C22H19FN4O/c1-26(13-15-11-25-27(2)14-15)22(28)17-8-6-16(7-9-17)18-10-19-20(23)4-3-5-21(19)24-12-18/h3-12,14H,13H2,1-2H3. The third-order valence-electron chi connectivity index (χ3n) is 4.66. The van der Waals surface area contributed by atoms with Gasteiger partial charge in [-0.25, -0.2) is 4.39 Å². The Morgan fingerprint density at radius 2 is 1.89 bits per heavy atom. The van der Waals surface area contributed by atoms with Gasteiger partial charge in [0, 0.05) is 55.1 Å². The van der Waals surface area contributed by atoms with Crippen molar-refractivity contribution in [1.82, 2.24) is 19.7 Å². The Morgan fingerprint density at radius 3 is 2.61 bits per heavy atom. The van der Waals surface area contributed by atoms with Gasteiger partial charge in [0.25, 0.3) is 5.91 Å². The van der Waals surface area contributed by atoms with Crippen LogP contribution in [0.25, 0.3) is 22.0 Å². The number of pyridine rings is 1. The molecule has 0 spiro atoms. The first-order chi connectivity index (χ1) is 13.5. The van der Waals surface area contributed by atoms with E-state index < -0.39 is 0 Å². The molecule has 6 heteroatoms. The predicted molar refractivity (Wildman–Crippen MR) is 106 cm³/mol. The number of aromatic nitrogens is 3. The molecule has 28 heavy (non-hydrogen) atoms. The summed E-state index contributed by atoms with van der Waals surface area (Å²) in [7, 11) is 3.61. The predicted octanol–water partition coefficient (Wildman–Crippen LogP) is 4.05. The lowest BCUT2D eigenvalue weighted by Crippen LogP contribution is -2.25. The number of rotatable bonds is 4. The molecule has 0 radical (unpaired) electrons. The van der Waals surface area contributed by atoms with Crippen molar-refractivity contribution in [3.05, 3.63) is 84.1 Å². The second kappa shape index (κ2) is 7.23. The second-order valence-electron chi connectivity index (χ2n) is 6.79. The summed E-state index contributed by atoms with van der Waals surface area (Å²) in [6.07, 6.45) is 5.35. The minimum absolute atomic E-state index is 0.0712. The summed E-state index contributed by atoms with van der Waals surface area (Å²) in [4.78, 5) is 18.6. The smallest absolute Gasteiger partial charge is 0.253 e. The molecule has 0 saturated carbocycles. The lowest BCUT2D eigenvalue weighted by atomic mass is 10.0. The number of aryl methyl sites for hydroxylation is 1. The lowest BCUT2D eigenvalue weighted by molar-refractivity contribution is 0.0785. The van der Waals surface area contributed by atoms with Crippen LogP contribution in [0.15, 0.2) is 67.1 Å². The van der Waals surface area contributed by atoms with Crippen LogP contribution in [0.2, 0.25) is 0 Å². The van der Waals surface area contributed by atoms with E-state index in [0.717, 1.165) is 16.7 Å². The Kier molecular flexibility index (Phi) is 4.61. The van der Waals surface area contributed by atoms with Crippen LogP contribution in [0.5, 0.6) is 0 Å². The van der Waals surface area contributed by atoms with Crippen molar-refractivity contribution in [3.8, 4) is 11.1 Å². The van der Waals surface area contributed by atoms with E-state index in [9.17, 15) is 9.18 Å². The molecular weight excluding hydrogens is 355 g/mol. The van der Waals surface area contributed by atoms with Gasteiger partial charge in [-0.05, 0) is 35.9 Å². The molecule has 0 atom stereocenters. The fourth-order valence-electron chi connectivity index (χ4n) is 3.20. The van der Waals surface area contributed by atoms with Crippen LogP contribution < -0.4 is 0 Å². The lowest BCUT2D eigenvalue weighted by Gasteiger charge is -2.16. The van der Waals surface area contributed by atoms with Crippen LogP contribution >= 0.6 is 0 Å². The Bertz CT molecular complexity index is 1150. The molecule has 2 aromatic carbocycles. The minimum Gasteiger partial charge on any atom is -0.337 e. The van der Waals surface area contributed by atoms with E-state index in [1.807, 2.05) is 25.4 Å². The van der Waals surface area contributed by atoms with Gasteiger partial charge in [0.05, 0.1) is 11.7 Å². The Hall–Kier alpha value is -3.54. The van der Waals surface area contributed by atoms with Gasteiger partial charge < -0.3 is 4.90 Å². The molecule has 2 heterocycles. The van der Waals surface area contributed by atoms with E-state index in [1.165, 1.54) is 6.07 Å². The molecule has 0 saturated heterocycles. The molecule has 2 aromatic heterocycles. The summed E-state index contributed by atoms with van der Waals surface area (Å²) in [6, 6.07) is 13.9. The normalized spacial score (nSPS) is 11.0. The third kappa shape index (κ3) is 3.49. The first kappa shape index (κ1) is 17.9. The van der Waals surface area contributed by atoms with Crippen LogP contribution in [-0.4, -0.2) is 32.6 Å². The van der Waals surface area contributed by atoms with E-state index in [1.54, 1.807) is 59.4 Å². The number of fused-ring (bicyclic) bond motifs is 1. The average molecular weight is 374 g/mol. The van der Waals surface area contributed by atoms with Crippen molar-refractivity contribution in [3.63, 3.8) is 0 Å². The molecule has 0 bridgehead atoms. The van der Waals surface area contributed by atoms with Gasteiger partial charge in [-0.1, -0.05) is 18.2 Å². The summed E-state index contributed by atoms with van der Waals surface area (Å²) in [5, 5.41) is 4.60. The first-order valence-electron chi connectivity index (χ1n) is 8.89. The maximum absolute atomic E-state index is 14.0. The molecule has 0 N–H and O–H groups in total. The second-order valence-corrected chi connectivity index (χ2v) is 6.79. The highest BCUT2D eigenvalue weighted by Gasteiger charge is 2.13. The maximum atomic E-state index is 14.0. The van der Waals surface area contributed by atoms with Crippen molar-refractivity contribution >= 4 is 16.8 Å². The largest absolute Gasteiger partial charge is 0.337 e. The first-order valence-corrected chi connectivity index (χ1v) is 8.89. The van der Waals surface area contributed by atoms with Crippen LogP contribution in [0.1, 0.15) is 15.9 Å². The SMILES string of the molecule is CN(Cc1cnn(C)c1)C(=O)c1ccc(-c2cnc3cccc(F)c3c2)cc1. The quantitative estimate of drug-likeness (QED) is 0.542. The zero-order chi connectivity index (χ0) is 19.7. The van der Waals surface area contributed by atoms with Crippen molar-refractivity contribution in [2.75, 3.05) is 7.05 Å². The topological polar surface area (TPSA) is 51.0 Å². The summed E-state index contributed by atoms with van der Waals surface area (Å²) in [5.74, 6) is -0.367. The summed E-state index contributed by atoms with van der Waals surface area (Å²) < 4.78 is 15.7. The summed E-state index contributed by atoms with van der Waals surface area (Å²) in [5.41, 5.74) is 3.87. The fourth-order valence-corrected chi connectivity index (χ4v) is 3.20. The van der Waals surface area contributed by atoms with Crippen LogP contribution in [-0.2, 0) is 13.6 Å². The van der Waals surface area contributed by atoms with Gasteiger partial charge in [-0.3, -0.25) is 14.5 Å². The number of amides is 1. The molecule has 140 valence electrons. The van der Waals surface area contributed by atoms with Crippen molar-refractivity contribution in [2.45, 2.75) is 6.54 Å². The number of carbonyl (C=O) groups excluding carboxylic acids is 1. The Labute approximate surface area is 162 Å². The molecule has 5 nitrogen and oxygen atoms in total. The summed E-state index contributed by atoms with van der Waals surface area (Å²) in [6.45, 7) is 0.488. The third-order valence-corrected chi connectivity index (χ3v) is 4.66. The highest BCUT2D eigenvalue weighted by atomic mass is 19.1. The Balaban J connectivity index is 1.55. The van der Waals surface area contributed by atoms with Crippen molar-refractivity contribution < 1.29 is 9.18 Å². The van der Waals surface area contributed by atoms with Crippen molar-refractivity contribution in [1.29, 1.82) is 0 Å². The summed E-state index contributed by atoms with van der Waals surface area (Å²) >= 11 is 0. The molecule has 0 unspecified atom stereocenters. The van der Waals surface area contributed by atoms with Gasteiger partial charge in [0.2, 0.25) is 0 Å². The number of hydrogen-bond acceptors (Lipinski definition) is 3. The van der Waals surface area contributed by atoms with Crippen LogP contribution in [0.4, 0.5) is 4.39 Å². The fraction of sp³-hybridized carbons (Fsp3) is 0.136. The Morgan fingerprint density at radius 1 is 1.11 bits per heavy atom. The molecule has 0 aliphatic carbocycles. The van der Waals surface area contributed by atoms with E-state index >= 15 is 0 Å². The van der Waals surface area contributed by atoms with Crippen LogP contribution in [0.3, 0.4) is 0 Å². The number of carbonyl (C=O) groups is 1. The zero-order valence-corrected chi connectivity index (χ0v) is 15.6. The van der Waals surface area contributed by atoms with Gasteiger partial charge in [-0.15, -0.1) is 0 Å². The minimum atomic E-state index is -0.296. The van der Waals surface area contributed by atoms with E-state index in [0.29, 0.717) is 23.0 Å². The van der Waals surface area contributed by atoms with Crippen molar-refractivity contribution in [2.24, 2.45) is 7.05 Å².